The van der Waals surface area contributed by atoms with Crippen LogP contribution in [0.25, 0.3) is 10.4 Å². The molecule has 0 bridgehead atoms. The zero-order valence-corrected chi connectivity index (χ0v) is 14.6. The summed E-state index contributed by atoms with van der Waals surface area (Å²) in [5.41, 5.74) is 8.69. The lowest BCUT2D eigenvalue weighted by Crippen LogP contribution is -2.32. The van der Waals surface area contributed by atoms with Crippen molar-refractivity contribution >= 4 is 0 Å². The van der Waals surface area contributed by atoms with Crippen LogP contribution in [-0.4, -0.2) is 35.7 Å². The molecule has 0 radical (unpaired) electrons. The Morgan fingerprint density at radius 2 is 1.73 bits per heavy atom. The summed E-state index contributed by atoms with van der Waals surface area (Å²) in [4.78, 5) is 5.08. The van der Waals surface area contributed by atoms with Crippen LogP contribution in [0.15, 0.2) is 65.8 Å². The van der Waals surface area contributed by atoms with Crippen molar-refractivity contribution in [2.45, 2.75) is 24.5 Å². The highest BCUT2D eigenvalue weighted by molar-refractivity contribution is 5.44. The second-order valence-corrected chi connectivity index (χ2v) is 6.42. The predicted octanol–water partition coefficient (Wildman–Crippen LogP) is 3.70. The third-order valence-electron chi connectivity index (χ3n) is 4.79. The molecule has 3 rings (SSSR count). The molecule has 1 heterocycles. The summed E-state index contributed by atoms with van der Waals surface area (Å²) in [7, 11) is 0. The minimum absolute atomic E-state index is 0.238. The Morgan fingerprint density at radius 3 is 2.31 bits per heavy atom. The van der Waals surface area contributed by atoms with Gasteiger partial charge in [0.25, 0.3) is 0 Å². The van der Waals surface area contributed by atoms with Crippen LogP contribution in [0.1, 0.15) is 24.0 Å². The summed E-state index contributed by atoms with van der Waals surface area (Å²) in [5, 5.41) is 15.1. The zero-order chi connectivity index (χ0) is 18.2. The van der Waals surface area contributed by atoms with Gasteiger partial charge in [-0.2, -0.15) is 0 Å². The minimum atomic E-state index is -1.34. The number of azide groups is 1. The van der Waals surface area contributed by atoms with Crippen LogP contribution in [0, 0.1) is 11.8 Å². The molecule has 132 valence electrons. The lowest BCUT2D eigenvalue weighted by molar-refractivity contribution is 0.145. The first kappa shape index (κ1) is 18.0. The van der Waals surface area contributed by atoms with Crippen molar-refractivity contribution in [1.29, 1.82) is 0 Å². The monoisotopic (exact) mass is 346 g/mol. The van der Waals surface area contributed by atoms with Gasteiger partial charge < -0.3 is 5.11 Å². The molecule has 5 heteroatoms. The first-order valence-corrected chi connectivity index (χ1v) is 8.82. The van der Waals surface area contributed by atoms with Crippen molar-refractivity contribution in [3.8, 4) is 11.8 Å². The SMILES string of the molecule is [N-]=[N+]=NCC1CCCN1CC#CC(O)(c1ccccc1)c1ccccc1. The standard InChI is InChI=1S/C21H22N4O/c22-24-23-17-20-13-7-15-25(20)16-8-14-21(26,18-9-3-1-4-10-18)19-11-5-2-6-12-19/h1-6,9-12,20,26H,7,13,15-17H2. The molecule has 1 saturated heterocycles. The topological polar surface area (TPSA) is 72.2 Å². The largest absolute Gasteiger partial charge is 0.369 e. The number of likely N-dealkylation sites (tertiary alicyclic amines) is 1. The molecule has 0 amide bonds. The normalized spacial score (nSPS) is 17.2. The first-order chi connectivity index (χ1) is 12.7. The van der Waals surface area contributed by atoms with Crippen molar-refractivity contribution in [3.63, 3.8) is 0 Å². The van der Waals surface area contributed by atoms with Crippen LogP contribution < -0.4 is 0 Å². The van der Waals surface area contributed by atoms with Gasteiger partial charge in [0.1, 0.15) is 0 Å². The molecule has 1 fully saturated rings. The Kier molecular flexibility index (Phi) is 5.93. The average molecular weight is 346 g/mol. The Hall–Kier alpha value is -2.77. The lowest BCUT2D eigenvalue weighted by Gasteiger charge is -2.24. The van der Waals surface area contributed by atoms with Gasteiger partial charge in [-0.3, -0.25) is 4.90 Å². The van der Waals surface area contributed by atoms with Crippen LogP contribution in [0.5, 0.6) is 0 Å². The number of hydrogen-bond donors (Lipinski definition) is 1. The fourth-order valence-electron chi connectivity index (χ4n) is 3.38. The number of aliphatic hydroxyl groups is 1. The number of rotatable bonds is 5. The average Bonchev–Trinajstić information content (AvgIpc) is 3.15. The molecule has 5 nitrogen and oxygen atoms in total. The number of benzene rings is 2. The highest BCUT2D eigenvalue weighted by Gasteiger charge is 2.29. The van der Waals surface area contributed by atoms with Crippen molar-refractivity contribution in [1.82, 2.24) is 4.90 Å². The maximum Gasteiger partial charge on any atom is 0.176 e. The van der Waals surface area contributed by atoms with E-state index in [-0.39, 0.29) is 6.04 Å². The van der Waals surface area contributed by atoms with E-state index >= 15 is 0 Å². The molecule has 0 aliphatic carbocycles. The number of nitrogens with zero attached hydrogens (tertiary/aromatic N) is 4. The molecule has 1 N–H and O–H groups in total. The molecule has 1 aliphatic heterocycles. The van der Waals surface area contributed by atoms with E-state index in [9.17, 15) is 5.11 Å². The van der Waals surface area contributed by atoms with E-state index in [2.05, 4.69) is 26.8 Å². The molecule has 0 spiro atoms. The Balaban J connectivity index is 1.84. The number of hydrogen-bond acceptors (Lipinski definition) is 3. The van der Waals surface area contributed by atoms with Crippen molar-refractivity contribution in [2.75, 3.05) is 19.6 Å². The van der Waals surface area contributed by atoms with Crippen LogP contribution in [0.3, 0.4) is 0 Å². The zero-order valence-electron chi connectivity index (χ0n) is 14.6. The molecule has 2 aromatic carbocycles. The second-order valence-electron chi connectivity index (χ2n) is 6.42. The highest BCUT2D eigenvalue weighted by atomic mass is 16.3. The smallest absolute Gasteiger partial charge is 0.176 e. The predicted molar refractivity (Wildman–Crippen MR) is 102 cm³/mol. The van der Waals surface area contributed by atoms with Gasteiger partial charge in [-0.05, 0) is 24.9 Å². The summed E-state index contributed by atoms with van der Waals surface area (Å²) in [6, 6.07) is 19.3. The van der Waals surface area contributed by atoms with Gasteiger partial charge in [-0.15, -0.1) is 0 Å². The van der Waals surface area contributed by atoms with Crippen LogP contribution in [0.4, 0.5) is 0 Å². The molecular weight excluding hydrogens is 324 g/mol. The van der Waals surface area contributed by atoms with E-state index in [4.69, 9.17) is 5.53 Å². The van der Waals surface area contributed by atoms with E-state index in [1.807, 2.05) is 60.7 Å². The second kappa shape index (κ2) is 8.55. The fourth-order valence-corrected chi connectivity index (χ4v) is 3.38. The molecule has 1 aliphatic rings. The van der Waals surface area contributed by atoms with Gasteiger partial charge in [0.2, 0.25) is 0 Å². The Morgan fingerprint density at radius 1 is 1.12 bits per heavy atom. The van der Waals surface area contributed by atoms with E-state index < -0.39 is 5.60 Å². The highest BCUT2D eigenvalue weighted by Crippen LogP contribution is 2.28. The van der Waals surface area contributed by atoms with Gasteiger partial charge in [0, 0.05) is 28.6 Å². The Labute approximate surface area is 153 Å². The fraction of sp³-hybridized carbons (Fsp3) is 0.333. The third-order valence-corrected chi connectivity index (χ3v) is 4.79. The minimum Gasteiger partial charge on any atom is -0.369 e. The van der Waals surface area contributed by atoms with Crippen LogP contribution in [0.2, 0.25) is 0 Å². The van der Waals surface area contributed by atoms with Crippen molar-refractivity contribution in [2.24, 2.45) is 5.11 Å². The molecule has 1 unspecified atom stereocenters. The summed E-state index contributed by atoms with van der Waals surface area (Å²) < 4.78 is 0. The Bertz CT molecular complexity index is 780. The molecule has 26 heavy (non-hydrogen) atoms. The lowest BCUT2D eigenvalue weighted by atomic mass is 9.87. The molecule has 0 saturated carbocycles. The van der Waals surface area contributed by atoms with Gasteiger partial charge in [0.05, 0.1) is 6.54 Å². The molecular formula is C21H22N4O. The molecule has 1 atom stereocenters. The summed E-state index contributed by atoms with van der Waals surface area (Å²) in [5.74, 6) is 6.26. The van der Waals surface area contributed by atoms with Gasteiger partial charge in [-0.25, -0.2) is 0 Å². The van der Waals surface area contributed by atoms with Gasteiger partial charge >= 0.3 is 0 Å². The first-order valence-electron chi connectivity index (χ1n) is 8.82. The summed E-state index contributed by atoms with van der Waals surface area (Å²) in [6.45, 7) is 1.96. The quantitative estimate of drug-likeness (QED) is 0.388. The van der Waals surface area contributed by atoms with Crippen LogP contribution >= 0.6 is 0 Å². The van der Waals surface area contributed by atoms with Gasteiger partial charge in [-0.1, -0.05) is 77.6 Å². The van der Waals surface area contributed by atoms with Crippen molar-refractivity contribution in [3.05, 3.63) is 82.2 Å². The van der Waals surface area contributed by atoms with Crippen molar-refractivity contribution < 1.29 is 5.11 Å². The van der Waals surface area contributed by atoms with Crippen LogP contribution in [-0.2, 0) is 5.60 Å². The maximum atomic E-state index is 11.4. The summed E-state index contributed by atoms with van der Waals surface area (Å²) in [6.07, 6.45) is 2.09. The van der Waals surface area contributed by atoms with E-state index in [0.717, 1.165) is 30.5 Å². The van der Waals surface area contributed by atoms with E-state index in [0.29, 0.717) is 13.1 Å². The van der Waals surface area contributed by atoms with Gasteiger partial charge in [0.15, 0.2) is 5.60 Å². The van der Waals surface area contributed by atoms with E-state index in [1.165, 1.54) is 0 Å². The molecule has 2 aromatic rings. The maximum absolute atomic E-state index is 11.4. The summed E-state index contributed by atoms with van der Waals surface area (Å²) >= 11 is 0. The third kappa shape index (κ3) is 4.07. The van der Waals surface area contributed by atoms with E-state index in [1.54, 1.807) is 0 Å². The molecule has 0 aromatic heterocycles.